The lowest BCUT2D eigenvalue weighted by Crippen LogP contribution is -2.73. The van der Waals surface area contributed by atoms with Crippen LogP contribution in [0.2, 0.25) is 0 Å². The van der Waals surface area contributed by atoms with Crippen molar-refractivity contribution in [2.45, 2.75) is 66.1 Å². The second-order valence-corrected chi connectivity index (χ2v) is 13.0. The minimum Gasteiger partial charge on any atom is -0.511 e. The molecule has 2 aromatic carbocycles. The highest BCUT2D eigenvalue weighted by molar-refractivity contribution is 6.25. The van der Waals surface area contributed by atoms with E-state index in [0.29, 0.717) is 11.1 Å². The van der Waals surface area contributed by atoms with Gasteiger partial charge in [-0.15, -0.1) is 0 Å². The van der Waals surface area contributed by atoms with E-state index in [1.807, 2.05) is 31.2 Å². The van der Waals surface area contributed by atoms with Gasteiger partial charge in [0, 0.05) is 22.3 Å². The van der Waals surface area contributed by atoms with Gasteiger partial charge in [0.25, 0.3) is 0 Å². The predicted octanol–water partition coefficient (Wildman–Crippen LogP) is 5.36. The van der Waals surface area contributed by atoms with Gasteiger partial charge in [-0.05, 0) is 36.8 Å². The summed E-state index contributed by atoms with van der Waals surface area (Å²) in [5.74, 6) is -7.15. The molecule has 3 aliphatic rings. The number of carbonyl (C=O) groups excluding carboxylic acids is 3. The molecule has 1 unspecified atom stereocenters. The summed E-state index contributed by atoms with van der Waals surface area (Å²) in [4.78, 5) is 40.7. The number of aryl methyl sites for hydroxylation is 1. The third-order valence-electron chi connectivity index (χ3n) is 10.4. The van der Waals surface area contributed by atoms with Crippen LogP contribution in [-0.2, 0) is 9.59 Å². The summed E-state index contributed by atoms with van der Waals surface area (Å²) < 4.78 is 0. The zero-order valence-electron chi connectivity index (χ0n) is 25.4. The third kappa shape index (κ3) is 3.72. The fraction of sp³-hybridized carbons (Fsp3) is 0.400. The third-order valence-corrected chi connectivity index (χ3v) is 10.4. The molecular weight excluding hydrogens is 548 g/mol. The van der Waals surface area contributed by atoms with E-state index in [1.54, 1.807) is 52.0 Å². The minimum atomic E-state index is -2.91. The first-order valence-electron chi connectivity index (χ1n) is 14.5. The highest BCUT2D eigenvalue weighted by Gasteiger charge is 2.76. The molecular formula is C35H38O8. The maximum absolute atomic E-state index is 14.3. The molecule has 0 aromatic heterocycles. The van der Waals surface area contributed by atoms with E-state index in [2.05, 4.69) is 0 Å². The number of aliphatic hydroxyl groups is 4. The molecule has 2 aromatic rings. The fourth-order valence-electron chi connectivity index (χ4n) is 7.95. The summed E-state index contributed by atoms with van der Waals surface area (Å²) >= 11 is 0. The van der Waals surface area contributed by atoms with E-state index in [9.17, 15) is 39.9 Å². The summed E-state index contributed by atoms with van der Waals surface area (Å²) in [6, 6.07) is 11.1. The van der Waals surface area contributed by atoms with Crippen LogP contribution in [0.25, 0.3) is 12.2 Å². The standard InChI is InChI=1S/C35H38O8/c1-16(2)25-28(38)23(19(5)36)30(40)35(43)31(41)26-29(39)24-22(18(4)33(26,6)32(42)34(25,35)7)15-14-21(27(24)37)13-12-20-10-8-17(3)9-11-20/h8-16,18,25,32,37-38,41-43H,1-7H3/b13-12+/t18-,25?,32-,33+,34+,35+/m1/s1. The quantitative estimate of drug-likeness (QED) is 0.237. The van der Waals surface area contributed by atoms with E-state index in [-0.39, 0.29) is 11.3 Å². The maximum Gasteiger partial charge on any atom is 0.209 e. The van der Waals surface area contributed by atoms with Crippen molar-refractivity contribution in [1.82, 2.24) is 0 Å². The molecule has 0 spiro atoms. The van der Waals surface area contributed by atoms with Gasteiger partial charge in [-0.1, -0.05) is 88.7 Å². The van der Waals surface area contributed by atoms with Crippen LogP contribution in [0.4, 0.5) is 0 Å². The lowest BCUT2D eigenvalue weighted by molar-refractivity contribution is -0.211. The topological polar surface area (TPSA) is 152 Å². The number of aromatic hydroxyl groups is 1. The van der Waals surface area contributed by atoms with Crippen LogP contribution < -0.4 is 0 Å². The summed E-state index contributed by atoms with van der Waals surface area (Å²) in [6.07, 6.45) is 1.79. The molecule has 5 N–H and O–H groups in total. The molecule has 0 heterocycles. The van der Waals surface area contributed by atoms with E-state index >= 15 is 0 Å². The summed E-state index contributed by atoms with van der Waals surface area (Å²) in [7, 11) is 0. The van der Waals surface area contributed by atoms with E-state index in [0.717, 1.165) is 18.1 Å². The van der Waals surface area contributed by atoms with Gasteiger partial charge < -0.3 is 25.5 Å². The molecule has 3 aliphatic carbocycles. The Kier molecular flexibility index (Phi) is 6.91. The molecule has 0 bridgehead atoms. The zero-order valence-corrected chi connectivity index (χ0v) is 25.4. The first kappa shape index (κ1) is 30.4. The number of ketones is 3. The number of carbonyl (C=O) groups is 3. The summed E-state index contributed by atoms with van der Waals surface area (Å²) in [5.41, 5.74) is -4.86. The Morgan fingerprint density at radius 3 is 2.14 bits per heavy atom. The van der Waals surface area contributed by atoms with Gasteiger partial charge in [0.05, 0.1) is 17.2 Å². The fourth-order valence-corrected chi connectivity index (χ4v) is 7.95. The maximum atomic E-state index is 14.3. The van der Waals surface area contributed by atoms with Crippen molar-refractivity contribution in [2.75, 3.05) is 0 Å². The molecule has 226 valence electrons. The van der Waals surface area contributed by atoms with Crippen molar-refractivity contribution in [3.63, 3.8) is 0 Å². The van der Waals surface area contributed by atoms with Crippen LogP contribution in [0.3, 0.4) is 0 Å². The molecule has 0 aliphatic heterocycles. The van der Waals surface area contributed by atoms with Crippen LogP contribution >= 0.6 is 0 Å². The molecule has 8 heteroatoms. The normalized spacial score (nSPS) is 32.3. The van der Waals surface area contributed by atoms with Crippen molar-refractivity contribution < 1.29 is 39.9 Å². The average molecular weight is 587 g/mol. The van der Waals surface area contributed by atoms with Gasteiger partial charge in [0.1, 0.15) is 22.8 Å². The van der Waals surface area contributed by atoms with Crippen molar-refractivity contribution in [3.05, 3.63) is 86.9 Å². The van der Waals surface area contributed by atoms with E-state index < -0.39 is 80.3 Å². The lowest BCUT2D eigenvalue weighted by atomic mass is 9.41. The Hall–Kier alpha value is -4.01. The molecule has 0 amide bonds. The van der Waals surface area contributed by atoms with Gasteiger partial charge >= 0.3 is 0 Å². The number of allylic oxidation sites excluding steroid dienone is 1. The van der Waals surface area contributed by atoms with Gasteiger partial charge in [0.2, 0.25) is 5.78 Å². The van der Waals surface area contributed by atoms with Gasteiger partial charge in [-0.25, -0.2) is 0 Å². The van der Waals surface area contributed by atoms with Gasteiger partial charge in [0.15, 0.2) is 17.2 Å². The van der Waals surface area contributed by atoms with Crippen LogP contribution in [0, 0.1) is 29.6 Å². The molecule has 6 atom stereocenters. The summed E-state index contributed by atoms with van der Waals surface area (Å²) in [5, 5.41) is 59.0. The Morgan fingerprint density at radius 1 is 0.977 bits per heavy atom. The van der Waals surface area contributed by atoms with Crippen molar-refractivity contribution >= 4 is 29.5 Å². The van der Waals surface area contributed by atoms with E-state index in [4.69, 9.17) is 0 Å². The minimum absolute atomic E-state index is 0.106. The zero-order chi connectivity index (χ0) is 32.0. The Morgan fingerprint density at radius 2 is 1.58 bits per heavy atom. The largest absolute Gasteiger partial charge is 0.511 e. The number of phenols is 1. The number of rotatable bonds is 4. The van der Waals surface area contributed by atoms with Crippen LogP contribution in [-0.4, -0.2) is 54.6 Å². The molecule has 0 radical (unpaired) electrons. The molecule has 8 nitrogen and oxygen atoms in total. The number of hydrogen-bond acceptors (Lipinski definition) is 8. The highest BCUT2D eigenvalue weighted by atomic mass is 16.4. The number of aliphatic hydroxyl groups excluding tert-OH is 3. The molecule has 5 rings (SSSR count). The molecule has 43 heavy (non-hydrogen) atoms. The Balaban J connectivity index is 1.77. The second-order valence-electron chi connectivity index (χ2n) is 13.0. The number of benzene rings is 2. The SMILES string of the molecule is CC(=O)C1=C(O)C(C(C)C)[C@@]2(C)[C@H](O)[C@]3(C)C(=C(O)[C@@]2(O)C1=O)C(=O)c1c(ccc(/C=C/c2ccc(C)cc2)c1O)[C@H]3C. The first-order chi connectivity index (χ1) is 20.0. The highest BCUT2D eigenvalue weighted by Crippen LogP contribution is 2.67. The van der Waals surface area contributed by atoms with Crippen LogP contribution in [0.1, 0.15) is 80.1 Å². The molecule has 0 saturated carbocycles. The number of Topliss-reactive ketones (excluding diaryl/α,β-unsaturated/α-hetero) is 3. The van der Waals surface area contributed by atoms with Crippen molar-refractivity contribution in [3.8, 4) is 5.75 Å². The Labute approximate surface area is 250 Å². The number of hydrogen-bond donors (Lipinski definition) is 5. The van der Waals surface area contributed by atoms with Gasteiger partial charge in [-0.3, -0.25) is 14.4 Å². The lowest BCUT2D eigenvalue weighted by Gasteiger charge is -2.63. The van der Waals surface area contributed by atoms with Gasteiger partial charge in [-0.2, -0.15) is 0 Å². The number of fused-ring (bicyclic) bond motifs is 3. The van der Waals surface area contributed by atoms with Crippen molar-refractivity contribution in [1.29, 1.82) is 0 Å². The first-order valence-corrected chi connectivity index (χ1v) is 14.5. The smallest absolute Gasteiger partial charge is 0.209 e. The monoisotopic (exact) mass is 586 g/mol. The predicted molar refractivity (Wildman–Crippen MR) is 161 cm³/mol. The molecule has 0 fully saturated rings. The molecule has 0 saturated heterocycles. The second kappa shape index (κ2) is 9.76. The van der Waals surface area contributed by atoms with Crippen LogP contribution in [0.5, 0.6) is 5.75 Å². The summed E-state index contributed by atoms with van der Waals surface area (Å²) in [6.45, 7) is 11.2. The Bertz CT molecular complexity index is 1680. The van der Waals surface area contributed by atoms with Crippen molar-refractivity contribution in [2.24, 2.45) is 22.7 Å². The number of phenolic OH excluding ortho intramolecular Hbond substituents is 1. The van der Waals surface area contributed by atoms with Crippen LogP contribution in [0.15, 0.2) is 59.1 Å². The van der Waals surface area contributed by atoms with E-state index in [1.165, 1.54) is 6.92 Å². The average Bonchev–Trinajstić information content (AvgIpc) is 2.93.